The molecule has 2 unspecified atom stereocenters. The van der Waals surface area contributed by atoms with Gasteiger partial charge in [0.15, 0.2) is 0 Å². The third-order valence-electron chi connectivity index (χ3n) is 4.38. The first kappa shape index (κ1) is 15.0. The molecule has 0 saturated carbocycles. The van der Waals surface area contributed by atoms with E-state index in [1.807, 2.05) is 0 Å². The third-order valence-corrected chi connectivity index (χ3v) is 4.38. The summed E-state index contributed by atoms with van der Waals surface area (Å²) in [6, 6.07) is 0.595. The molecule has 17 heavy (non-hydrogen) atoms. The van der Waals surface area contributed by atoms with Gasteiger partial charge < -0.3 is 10.2 Å². The van der Waals surface area contributed by atoms with Crippen molar-refractivity contribution in [1.29, 1.82) is 0 Å². The van der Waals surface area contributed by atoms with Crippen molar-refractivity contribution in [3.63, 3.8) is 0 Å². The zero-order valence-electron chi connectivity index (χ0n) is 12.6. The summed E-state index contributed by atoms with van der Waals surface area (Å²) in [6.45, 7) is 16.6. The van der Waals surface area contributed by atoms with Gasteiger partial charge in [-0.2, -0.15) is 0 Å². The predicted octanol–water partition coefficient (Wildman–Crippen LogP) is 3.13. The Morgan fingerprint density at radius 2 is 2.06 bits per heavy atom. The van der Waals surface area contributed by atoms with Crippen molar-refractivity contribution < 1.29 is 0 Å². The third kappa shape index (κ3) is 4.59. The van der Waals surface area contributed by atoms with Crippen LogP contribution in [0.25, 0.3) is 0 Å². The number of likely N-dealkylation sites (tertiary alicyclic amines) is 1. The Morgan fingerprint density at radius 1 is 1.35 bits per heavy atom. The van der Waals surface area contributed by atoms with E-state index in [-0.39, 0.29) is 0 Å². The van der Waals surface area contributed by atoms with Gasteiger partial charge in [-0.25, -0.2) is 0 Å². The zero-order chi connectivity index (χ0) is 12.9. The van der Waals surface area contributed by atoms with E-state index >= 15 is 0 Å². The highest BCUT2D eigenvalue weighted by atomic mass is 15.2. The van der Waals surface area contributed by atoms with Gasteiger partial charge in [-0.15, -0.1) is 0 Å². The van der Waals surface area contributed by atoms with E-state index < -0.39 is 0 Å². The number of nitrogens with one attached hydrogen (secondary N) is 1. The lowest BCUT2D eigenvalue weighted by atomic mass is 9.84. The maximum Gasteiger partial charge on any atom is 0.0102 e. The highest BCUT2D eigenvalue weighted by Crippen LogP contribution is 2.27. The van der Waals surface area contributed by atoms with Gasteiger partial charge in [0.05, 0.1) is 0 Å². The van der Waals surface area contributed by atoms with Crippen LogP contribution in [0.1, 0.15) is 53.9 Å². The molecule has 2 atom stereocenters. The summed E-state index contributed by atoms with van der Waals surface area (Å²) in [7, 11) is 0. The van der Waals surface area contributed by atoms with E-state index in [0.29, 0.717) is 11.5 Å². The molecule has 1 aliphatic heterocycles. The fourth-order valence-electron chi connectivity index (χ4n) is 3.00. The van der Waals surface area contributed by atoms with E-state index in [4.69, 9.17) is 0 Å². The van der Waals surface area contributed by atoms with Crippen LogP contribution in [0.4, 0.5) is 0 Å². The standard InChI is InChI=1S/C15H32N2/c1-6-8-14-9-10-17(11-14)12-15(4,5)13(3)16-7-2/h13-14,16H,6-12H2,1-5H3. The molecule has 2 heteroatoms. The van der Waals surface area contributed by atoms with Gasteiger partial charge in [-0.3, -0.25) is 0 Å². The van der Waals surface area contributed by atoms with Crippen LogP contribution in [0.2, 0.25) is 0 Å². The molecule has 1 N–H and O–H groups in total. The fraction of sp³-hybridized carbons (Fsp3) is 1.00. The minimum Gasteiger partial charge on any atom is -0.314 e. The van der Waals surface area contributed by atoms with Gasteiger partial charge in [0.1, 0.15) is 0 Å². The van der Waals surface area contributed by atoms with Gasteiger partial charge in [0.2, 0.25) is 0 Å². The van der Waals surface area contributed by atoms with Crippen LogP contribution in [0.5, 0.6) is 0 Å². The summed E-state index contributed by atoms with van der Waals surface area (Å²) in [6.07, 6.45) is 4.18. The summed E-state index contributed by atoms with van der Waals surface area (Å²) in [4.78, 5) is 2.67. The Hall–Kier alpha value is -0.0800. The molecule has 0 bridgehead atoms. The van der Waals surface area contributed by atoms with Crippen LogP contribution in [0.3, 0.4) is 0 Å². The molecule has 0 amide bonds. The van der Waals surface area contributed by atoms with Crippen molar-refractivity contribution in [2.75, 3.05) is 26.2 Å². The Kier molecular flexibility index (Phi) is 5.94. The number of hydrogen-bond acceptors (Lipinski definition) is 2. The van der Waals surface area contributed by atoms with Gasteiger partial charge in [-0.1, -0.05) is 34.1 Å². The van der Waals surface area contributed by atoms with Crippen molar-refractivity contribution in [2.45, 2.75) is 59.9 Å². The van der Waals surface area contributed by atoms with Gasteiger partial charge in [0.25, 0.3) is 0 Å². The van der Waals surface area contributed by atoms with Crippen LogP contribution in [-0.2, 0) is 0 Å². The zero-order valence-corrected chi connectivity index (χ0v) is 12.6. The molecule has 1 rings (SSSR count). The van der Waals surface area contributed by atoms with Crippen LogP contribution in [-0.4, -0.2) is 37.1 Å². The SMILES string of the molecule is CCCC1CCN(CC(C)(C)C(C)NCC)C1. The molecule has 0 aromatic heterocycles. The largest absolute Gasteiger partial charge is 0.314 e. The lowest BCUT2D eigenvalue weighted by Gasteiger charge is -2.36. The lowest BCUT2D eigenvalue weighted by molar-refractivity contribution is 0.161. The van der Waals surface area contributed by atoms with Crippen molar-refractivity contribution in [3.05, 3.63) is 0 Å². The second-order valence-corrected chi connectivity index (χ2v) is 6.45. The molecule has 0 aliphatic carbocycles. The van der Waals surface area contributed by atoms with Crippen molar-refractivity contribution in [3.8, 4) is 0 Å². The summed E-state index contributed by atoms with van der Waals surface area (Å²) >= 11 is 0. The van der Waals surface area contributed by atoms with E-state index in [0.717, 1.165) is 12.5 Å². The molecule has 0 aromatic carbocycles. The van der Waals surface area contributed by atoms with E-state index in [1.54, 1.807) is 0 Å². The first-order chi connectivity index (χ1) is 7.99. The Morgan fingerprint density at radius 3 is 2.65 bits per heavy atom. The number of rotatable bonds is 7. The first-order valence-electron chi connectivity index (χ1n) is 7.45. The molecule has 0 radical (unpaired) electrons. The Balaban J connectivity index is 2.38. The maximum atomic E-state index is 3.57. The molecular weight excluding hydrogens is 208 g/mol. The van der Waals surface area contributed by atoms with Gasteiger partial charge in [-0.05, 0) is 44.2 Å². The van der Waals surface area contributed by atoms with Crippen molar-refractivity contribution >= 4 is 0 Å². The molecule has 1 fully saturated rings. The molecule has 0 aromatic rings. The smallest absolute Gasteiger partial charge is 0.0102 e. The normalized spacial score (nSPS) is 24.2. The molecule has 1 heterocycles. The van der Waals surface area contributed by atoms with Crippen LogP contribution >= 0.6 is 0 Å². The monoisotopic (exact) mass is 240 g/mol. The van der Waals surface area contributed by atoms with Crippen LogP contribution < -0.4 is 5.32 Å². The highest BCUT2D eigenvalue weighted by molar-refractivity contribution is 4.86. The minimum absolute atomic E-state index is 0.372. The minimum atomic E-state index is 0.372. The van der Waals surface area contributed by atoms with E-state index in [2.05, 4.69) is 44.8 Å². The molecular formula is C15H32N2. The second kappa shape index (κ2) is 6.75. The average molecular weight is 240 g/mol. The van der Waals surface area contributed by atoms with Crippen LogP contribution in [0, 0.1) is 11.3 Å². The van der Waals surface area contributed by atoms with E-state index in [1.165, 1.54) is 38.9 Å². The summed E-state index contributed by atoms with van der Waals surface area (Å²) in [5.41, 5.74) is 0.372. The molecule has 102 valence electrons. The molecule has 0 spiro atoms. The molecule has 1 aliphatic rings. The highest BCUT2D eigenvalue weighted by Gasteiger charge is 2.31. The molecule has 2 nitrogen and oxygen atoms in total. The van der Waals surface area contributed by atoms with Crippen molar-refractivity contribution in [1.82, 2.24) is 10.2 Å². The van der Waals surface area contributed by atoms with Crippen molar-refractivity contribution in [2.24, 2.45) is 11.3 Å². The van der Waals surface area contributed by atoms with Gasteiger partial charge in [0, 0.05) is 19.1 Å². The summed E-state index contributed by atoms with van der Waals surface area (Å²) in [5, 5.41) is 3.57. The average Bonchev–Trinajstić information content (AvgIpc) is 2.66. The fourth-order valence-corrected chi connectivity index (χ4v) is 3.00. The second-order valence-electron chi connectivity index (χ2n) is 6.45. The Labute approximate surface area is 108 Å². The van der Waals surface area contributed by atoms with E-state index in [9.17, 15) is 0 Å². The summed E-state index contributed by atoms with van der Waals surface area (Å²) < 4.78 is 0. The molecule has 1 saturated heterocycles. The number of hydrogen-bond donors (Lipinski definition) is 1. The predicted molar refractivity (Wildman–Crippen MR) is 76.4 cm³/mol. The number of nitrogens with zero attached hydrogens (tertiary/aromatic N) is 1. The van der Waals surface area contributed by atoms with Crippen LogP contribution in [0.15, 0.2) is 0 Å². The topological polar surface area (TPSA) is 15.3 Å². The first-order valence-corrected chi connectivity index (χ1v) is 7.45. The summed E-state index contributed by atoms with van der Waals surface area (Å²) in [5.74, 6) is 0.963. The Bertz CT molecular complexity index is 213. The lowest BCUT2D eigenvalue weighted by Crippen LogP contribution is -2.46. The quantitative estimate of drug-likeness (QED) is 0.735. The maximum absolute atomic E-state index is 3.57. The van der Waals surface area contributed by atoms with Gasteiger partial charge >= 0.3 is 0 Å².